The minimum atomic E-state index is -0.255. The summed E-state index contributed by atoms with van der Waals surface area (Å²) in [6, 6.07) is 0. The molecule has 0 radical (unpaired) electrons. The first-order chi connectivity index (χ1) is 4.69. The summed E-state index contributed by atoms with van der Waals surface area (Å²) in [7, 11) is 0. The molecular formula is C8H10OS. The van der Waals surface area contributed by atoms with Crippen LogP contribution in [-0.4, -0.2) is 16.3 Å². The second kappa shape index (κ2) is 2.67. The molecule has 0 aliphatic carbocycles. The molecule has 0 bridgehead atoms. The van der Waals surface area contributed by atoms with E-state index in [4.69, 9.17) is 6.42 Å². The average Bonchev–Trinajstić information content (AvgIpc) is 2.36. The minimum absolute atomic E-state index is 0.0463. The van der Waals surface area contributed by atoms with Gasteiger partial charge in [0.25, 0.3) is 0 Å². The van der Waals surface area contributed by atoms with Crippen LogP contribution >= 0.6 is 11.8 Å². The lowest BCUT2D eigenvalue weighted by molar-refractivity contribution is -0.115. The molecule has 0 aromatic rings. The second-order valence-electron chi connectivity index (χ2n) is 2.66. The van der Waals surface area contributed by atoms with E-state index in [9.17, 15) is 4.79 Å². The van der Waals surface area contributed by atoms with Gasteiger partial charge in [-0.15, -0.1) is 18.2 Å². The number of hydrogen-bond acceptors (Lipinski definition) is 2. The van der Waals surface area contributed by atoms with Gasteiger partial charge in [-0.2, -0.15) is 0 Å². The van der Waals surface area contributed by atoms with Gasteiger partial charge in [-0.05, 0) is 31.4 Å². The zero-order valence-electron chi connectivity index (χ0n) is 6.02. The number of hydrogen-bond donors (Lipinski definition) is 0. The number of ketones is 1. The summed E-state index contributed by atoms with van der Waals surface area (Å²) in [5.41, 5.74) is 0. The van der Waals surface area contributed by atoms with Crippen molar-refractivity contribution in [2.24, 2.45) is 0 Å². The zero-order chi connectivity index (χ0) is 7.61. The van der Waals surface area contributed by atoms with E-state index in [1.165, 1.54) is 0 Å². The SMILES string of the molecule is C#CC(=O)C1(C)CCCS1. The molecule has 1 rings (SSSR count). The highest BCUT2D eigenvalue weighted by Gasteiger charge is 2.35. The van der Waals surface area contributed by atoms with Crippen LogP contribution in [0.1, 0.15) is 19.8 Å². The fraction of sp³-hybridized carbons (Fsp3) is 0.625. The van der Waals surface area contributed by atoms with Crippen molar-refractivity contribution >= 4 is 17.5 Å². The number of carbonyl (C=O) groups excluding carboxylic acids is 1. The van der Waals surface area contributed by atoms with E-state index in [0.717, 1.165) is 18.6 Å². The van der Waals surface area contributed by atoms with E-state index in [1.54, 1.807) is 11.8 Å². The van der Waals surface area contributed by atoms with Gasteiger partial charge in [0.1, 0.15) is 0 Å². The Balaban J connectivity index is 2.69. The Bertz CT molecular complexity index is 184. The van der Waals surface area contributed by atoms with Gasteiger partial charge < -0.3 is 0 Å². The molecule has 1 fully saturated rings. The summed E-state index contributed by atoms with van der Waals surface area (Å²) >= 11 is 1.69. The van der Waals surface area contributed by atoms with Gasteiger partial charge in [-0.1, -0.05) is 0 Å². The van der Waals surface area contributed by atoms with E-state index in [-0.39, 0.29) is 10.5 Å². The molecule has 1 saturated heterocycles. The van der Waals surface area contributed by atoms with Gasteiger partial charge in [-0.3, -0.25) is 4.79 Å². The molecule has 1 heterocycles. The first kappa shape index (κ1) is 7.68. The van der Waals surface area contributed by atoms with E-state index in [1.807, 2.05) is 6.92 Å². The Morgan fingerprint density at radius 2 is 2.50 bits per heavy atom. The average molecular weight is 154 g/mol. The fourth-order valence-corrected chi connectivity index (χ4v) is 2.33. The standard InChI is InChI=1S/C8H10OS/c1-3-7(9)8(2)5-4-6-10-8/h1H,4-6H2,2H3. The van der Waals surface area contributed by atoms with E-state index in [0.29, 0.717) is 0 Å². The van der Waals surface area contributed by atoms with Crippen LogP contribution in [-0.2, 0) is 4.79 Å². The lowest BCUT2D eigenvalue weighted by Gasteiger charge is -2.16. The molecule has 1 atom stereocenters. The lowest BCUT2D eigenvalue weighted by atomic mass is 10.0. The largest absolute Gasteiger partial charge is 0.283 e. The maximum absolute atomic E-state index is 11.1. The highest BCUT2D eigenvalue weighted by molar-refractivity contribution is 8.01. The van der Waals surface area contributed by atoms with Crippen molar-refractivity contribution in [3.63, 3.8) is 0 Å². The molecule has 0 amide bonds. The molecule has 1 aliphatic rings. The molecule has 2 heteroatoms. The Morgan fingerprint density at radius 3 is 2.90 bits per heavy atom. The number of thioether (sulfide) groups is 1. The third-order valence-electron chi connectivity index (χ3n) is 1.83. The zero-order valence-corrected chi connectivity index (χ0v) is 6.83. The Labute approximate surface area is 65.6 Å². The summed E-state index contributed by atoms with van der Waals surface area (Å²) in [4.78, 5) is 11.1. The van der Waals surface area contributed by atoms with Crippen molar-refractivity contribution in [2.75, 3.05) is 5.75 Å². The molecular weight excluding hydrogens is 144 g/mol. The van der Waals surface area contributed by atoms with Crippen LogP contribution in [0, 0.1) is 12.3 Å². The molecule has 1 aliphatic heterocycles. The van der Waals surface area contributed by atoms with Gasteiger partial charge in [0, 0.05) is 0 Å². The van der Waals surface area contributed by atoms with Crippen LogP contribution in [0.3, 0.4) is 0 Å². The van der Waals surface area contributed by atoms with E-state index in [2.05, 4.69) is 5.92 Å². The normalized spacial score (nSPS) is 31.6. The first-order valence-corrected chi connectivity index (χ1v) is 4.32. The van der Waals surface area contributed by atoms with Crippen molar-refractivity contribution in [2.45, 2.75) is 24.5 Å². The van der Waals surface area contributed by atoms with Crippen LogP contribution in [0.4, 0.5) is 0 Å². The van der Waals surface area contributed by atoms with E-state index >= 15 is 0 Å². The molecule has 54 valence electrons. The maximum Gasteiger partial charge on any atom is 0.220 e. The summed E-state index contributed by atoms with van der Waals surface area (Å²) in [5.74, 6) is 3.21. The summed E-state index contributed by atoms with van der Waals surface area (Å²) < 4.78 is -0.255. The predicted octanol–water partition coefficient (Wildman–Crippen LogP) is 1.47. The van der Waals surface area contributed by atoms with Crippen molar-refractivity contribution in [1.29, 1.82) is 0 Å². The minimum Gasteiger partial charge on any atom is -0.283 e. The van der Waals surface area contributed by atoms with Crippen molar-refractivity contribution in [1.82, 2.24) is 0 Å². The topological polar surface area (TPSA) is 17.1 Å². The van der Waals surface area contributed by atoms with Crippen LogP contribution in [0.15, 0.2) is 0 Å². The molecule has 1 unspecified atom stereocenters. The first-order valence-electron chi connectivity index (χ1n) is 3.34. The molecule has 10 heavy (non-hydrogen) atoms. The highest BCUT2D eigenvalue weighted by atomic mass is 32.2. The maximum atomic E-state index is 11.1. The van der Waals surface area contributed by atoms with Gasteiger partial charge in [0.05, 0.1) is 4.75 Å². The van der Waals surface area contributed by atoms with Crippen LogP contribution < -0.4 is 0 Å². The van der Waals surface area contributed by atoms with Crippen molar-refractivity contribution in [3.05, 3.63) is 0 Å². The van der Waals surface area contributed by atoms with Gasteiger partial charge in [-0.25, -0.2) is 0 Å². The third-order valence-corrected chi connectivity index (χ3v) is 3.35. The predicted molar refractivity (Wildman–Crippen MR) is 43.9 cm³/mol. The number of terminal acetylenes is 1. The molecule has 1 nitrogen and oxygen atoms in total. The Kier molecular flexibility index (Phi) is 2.05. The highest BCUT2D eigenvalue weighted by Crippen LogP contribution is 2.38. The van der Waals surface area contributed by atoms with Crippen molar-refractivity contribution < 1.29 is 4.79 Å². The van der Waals surface area contributed by atoms with Gasteiger partial charge in [0.15, 0.2) is 0 Å². The fourth-order valence-electron chi connectivity index (χ4n) is 1.11. The number of rotatable bonds is 1. The summed E-state index contributed by atoms with van der Waals surface area (Å²) in [5, 5.41) is 0. The monoisotopic (exact) mass is 154 g/mol. The van der Waals surface area contributed by atoms with Crippen molar-refractivity contribution in [3.8, 4) is 12.3 Å². The second-order valence-corrected chi connectivity index (χ2v) is 4.25. The molecule has 0 aromatic carbocycles. The third kappa shape index (κ3) is 1.19. The summed E-state index contributed by atoms with van der Waals surface area (Å²) in [6.07, 6.45) is 7.09. The van der Waals surface area contributed by atoms with Crippen LogP contribution in [0.5, 0.6) is 0 Å². The Morgan fingerprint density at radius 1 is 1.80 bits per heavy atom. The van der Waals surface area contributed by atoms with Crippen LogP contribution in [0.25, 0.3) is 0 Å². The number of carbonyl (C=O) groups is 1. The van der Waals surface area contributed by atoms with Gasteiger partial charge >= 0.3 is 0 Å². The quantitative estimate of drug-likeness (QED) is 0.420. The molecule has 0 aromatic heterocycles. The summed E-state index contributed by atoms with van der Waals surface area (Å²) in [6.45, 7) is 1.94. The Hall–Kier alpha value is -0.420. The molecule has 0 N–H and O–H groups in total. The molecule has 0 saturated carbocycles. The lowest BCUT2D eigenvalue weighted by Crippen LogP contribution is -2.26. The molecule has 0 spiro atoms. The number of Topliss-reactive ketones (excluding diaryl/α,β-unsaturated/α-hetero) is 1. The van der Waals surface area contributed by atoms with E-state index < -0.39 is 0 Å². The van der Waals surface area contributed by atoms with Gasteiger partial charge in [0.2, 0.25) is 5.78 Å². The van der Waals surface area contributed by atoms with Crippen LogP contribution in [0.2, 0.25) is 0 Å². The smallest absolute Gasteiger partial charge is 0.220 e.